The van der Waals surface area contributed by atoms with Gasteiger partial charge in [0.2, 0.25) is 0 Å². The van der Waals surface area contributed by atoms with E-state index in [0.717, 1.165) is 18.8 Å². The lowest BCUT2D eigenvalue weighted by Gasteiger charge is -2.22. The molecule has 0 saturated carbocycles. The van der Waals surface area contributed by atoms with Crippen LogP contribution in [0.4, 0.5) is 5.69 Å². The summed E-state index contributed by atoms with van der Waals surface area (Å²) in [5.74, 6) is 1.08. The third kappa shape index (κ3) is 4.13. The van der Waals surface area contributed by atoms with Crippen molar-refractivity contribution >= 4 is 49.6 Å². The van der Waals surface area contributed by atoms with Crippen LogP contribution in [0.15, 0.2) is 29.2 Å². The number of rotatable bonds is 6. The highest BCUT2D eigenvalue weighted by Gasteiger charge is 2.06. The van der Waals surface area contributed by atoms with Gasteiger partial charge in [0.1, 0.15) is 10.0 Å². The average Bonchev–Trinajstić information content (AvgIpc) is 2.29. The maximum absolute atomic E-state index is 11.0. The Labute approximate surface area is 112 Å². The van der Waals surface area contributed by atoms with Crippen LogP contribution in [0.3, 0.4) is 0 Å². The third-order valence-corrected chi connectivity index (χ3v) is 3.61. The molecule has 0 fully saturated rings. The van der Waals surface area contributed by atoms with Gasteiger partial charge in [-0.3, -0.25) is 0 Å². The summed E-state index contributed by atoms with van der Waals surface area (Å²) in [7, 11) is 4.02. The molecule has 0 radical (unpaired) electrons. The van der Waals surface area contributed by atoms with Crippen LogP contribution in [0.1, 0.15) is 0 Å². The number of alkyl halides is 2. The molecule has 1 aromatic rings. The summed E-state index contributed by atoms with van der Waals surface area (Å²) in [5.41, 5.74) is 1.01. The second-order valence-corrected chi connectivity index (χ2v) is 5.60. The quantitative estimate of drug-likeness (QED) is 0.594. The van der Waals surface area contributed by atoms with E-state index in [1.165, 1.54) is 0 Å². The Morgan fingerprint density at radius 2 is 1.56 bits per heavy atom. The first kappa shape index (κ1) is 14.1. The van der Waals surface area contributed by atoms with Crippen LogP contribution in [0.5, 0.6) is 0 Å². The normalized spacial score (nSPS) is 12.4. The van der Waals surface area contributed by atoms with Gasteiger partial charge >= 0.3 is 0 Å². The number of anilines is 1. The Morgan fingerprint density at radius 3 is 1.94 bits per heavy atom. The highest BCUT2D eigenvalue weighted by molar-refractivity contribution is 8.08. The van der Waals surface area contributed by atoms with E-state index < -0.39 is 10.0 Å². The summed E-state index contributed by atoms with van der Waals surface area (Å²) in [6.45, 7) is 1.47. The van der Waals surface area contributed by atoms with E-state index in [-0.39, 0.29) is 0 Å². The zero-order chi connectivity index (χ0) is 12.0. The van der Waals surface area contributed by atoms with Crippen molar-refractivity contribution in [2.24, 2.45) is 0 Å². The molecule has 0 aliphatic carbocycles. The summed E-state index contributed by atoms with van der Waals surface area (Å²) in [5, 5.41) is 0. The van der Waals surface area contributed by atoms with E-state index in [0.29, 0.717) is 16.7 Å². The van der Waals surface area contributed by atoms with Gasteiger partial charge in [-0.15, -0.1) is 23.2 Å². The summed E-state index contributed by atoms with van der Waals surface area (Å²) < 4.78 is 11.0. The minimum absolute atomic E-state index is 0.542. The molecule has 0 spiro atoms. The maximum atomic E-state index is 11.0. The van der Waals surface area contributed by atoms with Gasteiger partial charge < -0.3 is 4.90 Å². The zero-order valence-electron chi connectivity index (χ0n) is 8.54. The predicted molar refractivity (Wildman–Crippen MR) is 72.4 cm³/mol. The first-order valence-corrected chi connectivity index (χ1v) is 7.78. The van der Waals surface area contributed by atoms with E-state index in [1.54, 1.807) is 12.1 Å². The van der Waals surface area contributed by atoms with Crippen molar-refractivity contribution in [3.05, 3.63) is 24.3 Å². The van der Waals surface area contributed by atoms with Crippen LogP contribution < -0.4 is 4.90 Å². The lowest BCUT2D eigenvalue weighted by atomic mass is 10.3. The van der Waals surface area contributed by atoms with Gasteiger partial charge in [0, 0.05) is 30.5 Å². The Balaban J connectivity index is 2.80. The number of hydrogen-bond donors (Lipinski definition) is 0. The highest BCUT2D eigenvalue weighted by Crippen LogP contribution is 2.18. The molecule has 0 aliphatic heterocycles. The molecule has 90 valence electrons. The highest BCUT2D eigenvalue weighted by atomic mass is 35.7. The topological polar surface area (TPSA) is 20.3 Å². The molecule has 0 N–H and O–H groups in total. The largest absolute Gasteiger partial charge is 0.369 e. The van der Waals surface area contributed by atoms with Crippen molar-refractivity contribution in [1.82, 2.24) is 0 Å². The lowest BCUT2D eigenvalue weighted by molar-refractivity contribution is 0.691. The smallest absolute Gasteiger partial charge is 0.147 e. The summed E-state index contributed by atoms with van der Waals surface area (Å²) in [4.78, 5) is 2.67. The predicted octanol–water partition coefficient (Wildman–Crippen LogP) is 3.23. The lowest BCUT2D eigenvalue weighted by Crippen LogP contribution is -2.27. The molecule has 6 heteroatoms. The van der Waals surface area contributed by atoms with Crippen molar-refractivity contribution < 1.29 is 4.21 Å². The van der Waals surface area contributed by atoms with Gasteiger partial charge in [-0.1, -0.05) is 0 Å². The number of nitrogens with zero attached hydrogens (tertiary/aromatic N) is 1. The zero-order valence-corrected chi connectivity index (χ0v) is 11.6. The Bertz CT molecular complexity index is 338. The Kier molecular flexibility index (Phi) is 6.51. The minimum Gasteiger partial charge on any atom is -0.369 e. The van der Waals surface area contributed by atoms with E-state index in [9.17, 15) is 4.21 Å². The molecule has 1 atom stereocenters. The van der Waals surface area contributed by atoms with E-state index in [4.69, 9.17) is 33.9 Å². The van der Waals surface area contributed by atoms with Gasteiger partial charge in [-0.25, -0.2) is 4.21 Å². The summed E-state index contributed by atoms with van der Waals surface area (Å²) in [6, 6.07) is 7.23. The summed E-state index contributed by atoms with van der Waals surface area (Å²) >= 11 is 11.4. The molecule has 1 unspecified atom stereocenters. The molecule has 2 nitrogen and oxygen atoms in total. The van der Waals surface area contributed by atoms with E-state index >= 15 is 0 Å². The SMILES string of the molecule is O=S(Cl)c1ccc(N(CCCl)CCCl)cc1. The molecule has 0 saturated heterocycles. The Morgan fingerprint density at radius 1 is 1.06 bits per heavy atom. The molecular weight excluding hydrogens is 289 g/mol. The van der Waals surface area contributed by atoms with Crippen LogP contribution in [0, 0.1) is 0 Å². The first-order chi connectivity index (χ1) is 7.69. The second kappa shape index (κ2) is 7.38. The van der Waals surface area contributed by atoms with Crippen molar-refractivity contribution in [1.29, 1.82) is 0 Å². The second-order valence-electron chi connectivity index (χ2n) is 3.08. The fourth-order valence-corrected chi connectivity index (χ4v) is 2.40. The van der Waals surface area contributed by atoms with Gasteiger partial charge in [-0.2, -0.15) is 0 Å². The molecule has 0 aromatic heterocycles. The van der Waals surface area contributed by atoms with Crippen molar-refractivity contribution in [3.63, 3.8) is 0 Å². The van der Waals surface area contributed by atoms with Crippen LogP contribution >= 0.6 is 33.9 Å². The van der Waals surface area contributed by atoms with Crippen LogP contribution in [-0.2, 0) is 10.0 Å². The number of halogens is 3. The van der Waals surface area contributed by atoms with E-state index in [2.05, 4.69) is 4.90 Å². The average molecular weight is 301 g/mol. The van der Waals surface area contributed by atoms with E-state index in [1.807, 2.05) is 12.1 Å². The molecular formula is C10H12Cl3NOS. The Hall–Kier alpha value is 0.0400. The standard InChI is InChI=1S/C10H12Cl3NOS/c11-5-7-14(8-6-12)9-1-3-10(4-2-9)16(13)15/h1-4H,5-8H2. The van der Waals surface area contributed by atoms with Crippen LogP contribution in [0.2, 0.25) is 0 Å². The van der Waals surface area contributed by atoms with Gasteiger partial charge in [0.15, 0.2) is 0 Å². The molecule has 0 aliphatic rings. The summed E-state index contributed by atoms with van der Waals surface area (Å²) in [6.07, 6.45) is 0. The van der Waals surface area contributed by atoms with Gasteiger partial charge in [-0.05, 0) is 34.9 Å². The maximum Gasteiger partial charge on any atom is 0.147 e. The van der Waals surface area contributed by atoms with Crippen LogP contribution in [0.25, 0.3) is 0 Å². The van der Waals surface area contributed by atoms with Gasteiger partial charge in [0.05, 0.1) is 4.90 Å². The van der Waals surface area contributed by atoms with Crippen molar-refractivity contribution in [3.8, 4) is 0 Å². The number of benzene rings is 1. The minimum atomic E-state index is -1.46. The molecule has 1 aromatic carbocycles. The van der Waals surface area contributed by atoms with Crippen molar-refractivity contribution in [2.45, 2.75) is 4.90 Å². The fourth-order valence-electron chi connectivity index (χ4n) is 1.34. The molecule has 0 bridgehead atoms. The fraction of sp³-hybridized carbons (Fsp3) is 0.400. The monoisotopic (exact) mass is 299 g/mol. The third-order valence-electron chi connectivity index (χ3n) is 2.10. The van der Waals surface area contributed by atoms with Crippen LogP contribution in [-0.4, -0.2) is 29.1 Å². The first-order valence-electron chi connectivity index (χ1n) is 4.74. The van der Waals surface area contributed by atoms with Crippen molar-refractivity contribution in [2.75, 3.05) is 29.7 Å². The molecule has 1 rings (SSSR count). The molecule has 0 heterocycles. The molecule has 0 amide bonds. The number of hydrogen-bond acceptors (Lipinski definition) is 2. The van der Waals surface area contributed by atoms with Gasteiger partial charge in [0.25, 0.3) is 0 Å². The molecule has 16 heavy (non-hydrogen) atoms.